The molecule has 1 fully saturated rings. The molecule has 0 spiro atoms. The van der Waals surface area contributed by atoms with Crippen LogP contribution in [-0.4, -0.2) is 5.78 Å². The van der Waals surface area contributed by atoms with Gasteiger partial charge in [-0.2, -0.15) is 0 Å². The lowest BCUT2D eigenvalue weighted by molar-refractivity contribution is 0.0971. The van der Waals surface area contributed by atoms with Gasteiger partial charge in [0, 0.05) is 25.9 Å². The summed E-state index contributed by atoms with van der Waals surface area (Å²) in [5.41, 5.74) is 2.10. The fraction of sp³-hybridized carbons (Fsp3) is 0.267. The van der Waals surface area contributed by atoms with Gasteiger partial charge in [0.1, 0.15) is 0 Å². The molecule has 1 saturated carbocycles. The van der Waals surface area contributed by atoms with Crippen LogP contribution in [0.4, 0.5) is 0 Å². The first-order valence-electron chi connectivity index (χ1n) is 6.16. The van der Waals surface area contributed by atoms with E-state index >= 15 is 0 Å². The van der Waals surface area contributed by atoms with Gasteiger partial charge in [0.25, 0.3) is 0 Å². The first kappa shape index (κ1) is 13.3. The summed E-state index contributed by atoms with van der Waals surface area (Å²) in [6, 6.07) is 7.91. The zero-order valence-corrected chi connectivity index (χ0v) is 13.5. The monoisotopic (exact) mass is 354 g/mol. The third-order valence-electron chi connectivity index (χ3n) is 3.31. The van der Waals surface area contributed by atoms with Gasteiger partial charge in [-0.3, -0.25) is 4.79 Å². The zero-order valence-electron chi connectivity index (χ0n) is 10.4. The summed E-state index contributed by atoms with van der Waals surface area (Å²) >= 11 is 11.3. The van der Waals surface area contributed by atoms with Crippen LogP contribution < -0.4 is 0 Å². The first-order chi connectivity index (χ1) is 9.06. The average molecular weight is 356 g/mol. The van der Waals surface area contributed by atoms with Crippen LogP contribution in [0.2, 0.25) is 5.02 Å². The number of ketones is 1. The summed E-state index contributed by atoms with van der Waals surface area (Å²) in [6.45, 7) is 1.98. The van der Waals surface area contributed by atoms with E-state index in [9.17, 15) is 4.79 Å². The smallest absolute Gasteiger partial charge is 0.175 e. The van der Waals surface area contributed by atoms with Gasteiger partial charge >= 0.3 is 0 Å². The van der Waals surface area contributed by atoms with Gasteiger partial charge in [-0.1, -0.05) is 27.5 Å². The zero-order chi connectivity index (χ0) is 13.6. The lowest BCUT2D eigenvalue weighted by Gasteiger charge is -2.05. The third-order valence-corrected chi connectivity index (χ3v) is 5.51. The van der Waals surface area contributed by atoms with Crippen LogP contribution in [-0.2, 0) is 0 Å². The Balaban J connectivity index is 1.98. The van der Waals surface area contributed by atoms with Crippen molar-refractivity contribution in [1.29, 1.82) is 0 Å². The SMILES string of the molecule is Cc1cc(Br)c(-c2ccc(C(=O)C3CC3)s2)cc1Cl. The Bertz CT molecular complexity index is 658. The highest BCUT2D eigenvalue weighted by atomic mass is 79.9. The number of halogens is 2. The summed E-state index contributed by atoms with van der Waals surface area (Å²) in [7, 11) is 0. The lowest BCUT2D eigenvalue weighted by Crippen LogP contribution is -1.96. The Labute approximate surface area is 129 Å². The minimum Gasteiger partial charge on any atom is -0.293 e. The Morgan fingerprint density at radius 3 is 2.79 bits per heavy atom. The molecule has 1 nitrogen and oxygen atoms in total. The van der Waals surface area contributed by atoms with Crippen molar-refractivity contribution in [3.63, 3.8) is 0 Å². The fourth-order valence-corrected chi connectivity index (χ4v) is 4.02. The number of rotatable bonds is 3. The molecule has 1 aliphatic rings. The predicted octanol–water partition coefficient (Wildman–Crippen LogP) is 5.73. The van der Waals surface area contributed by atoms with Gasteiger partial charge in [-0.15, -0.1) is 11.3 Å². The molecule has 0 radical (unpaired) electrons. The number of carbonyl (C=O) groups excluding carboxylic acids is 1. The van der Waals surface area contributed by atoms with Crippen LogP contribution >= 0.6 is 38.9 Å². The highest BCUT2D eigenvalue weighted by molar-refractivity contribution is 9.10. The van der Waals surface area contributed by atoms with E-state index in [1.807, 2.05) is 31.2 Å². The van der Waals surface area contributed by atoms with Gasteiger partial charge in [-0.25, -0.2) is 0 Å². The van der Waals surface area contributed by atoms with Crippen molar-refractivity contribution < 1.29 is 4.79 Å². The minimum atomic E-state index is 0.275. The summed E-state index contributed by atoms with van der Waals surface area (Å²) in [5, 5.41) is 0.752. The van der Waals surface area contributed by atoms with Crippen molar-refractivity contribution in [2.45, 2.75) is 19.8 Å². The van der Waals surface area contributed by atoms with Crippen molar-refractivity contribution in [2.24, 2.45) is 5.92 Å². The van der Waals surface area contributed by atoms with Gasteiger partial charge < -0.3 is 0 Å². The van der Waals surface area contributed by atoms with Crippen LogP contribution in [0.5, 0.6) is 0 Å². The molecule has 3 rings (SSSR count). The topological polar surface area (TPSA) is 17.1 Å². The second-order valence-electron chi connectivity index (χ2n) is 4.88. The molecule has 0 N–H and O–H groups in total. The number of hydrogen-bond acceptors (Lipinski definition) is 2. The Morgan fingerprint density at radius 2 is 2.11 bits per heavy atom. The highest BCUT2D eigenvalue weighted by Crippen LogP contribution is 2.39. The van der Waals surface area contributed by atoms with Crippen LogP contribution in [0.25, 0.3) is 10.4 Å². The molecule has 19 heavy (non-hydrogen) atoms. The number of hydrogen-bond donors (Lipinski definition) is 0. The Hall–Kier alpha value is -0.640. The van der Waals surface area contributed by atoms with E-state index in [4.69, 9.17) is 11.6 Å². The normalized spacial score (nSPS) is 14.7. The molecular weight excluding hydrogens is 344 g/mol. The second kappa shape index (κ2) is 5.04. The Morgan fingerprint density at radius 1 is 1.37 bits per heavy atom. The quantitative estimate of drug-likeness (QED) is 0.642. The molecule has 98 valence electrons. The van der Waals surface area contributed by atoms with E-state index in [0.717, 1.165) is 43.2 Å². The van der Waals surface area contributed by atoms with Crippen molar-refractivity contribution in [3.05, 3.63) is 44.2 Å². The molecule has 2 aromatic rings. The molecule has 0 amide bonds. The summed E-state index contributed by atoms with van der Waals surface area (Å²) in [5.74, 6) is 0.571. The molecule has 0 aliphatic heterocycles. The van der Waals surface area contributed by atoms with Gasteiger partial charge in [0.2, 0.25) is 0 Å². The van der Waals surface area contributed by atoms with E-state index in [1.165, 1.54) is 0 Å². The number of aryl methyl sites for hydroxylation is 1. The average Bonchev–Trinajstić information content (AvgIpc) is 3.11. The highest BCUT2D eigenvalue weighted by Gasteiger charge is 2.31. The fourth-order valence-electron chi connectivity index (χ4n) is 2.00. The molecule has 1 aliphatic carbocycles. The van der Waals surface area contributed by atoms with Crippen molar-refractivity contribution >= 4 is 44.7 Å². The van der Waals surface area contributed by atoms with Crippen LogP contribution in [0.15, 0.2) is 28.7 Å². The maximum Gasteiger partial charge on any atom is 0.175 e. The minimum absolute atomic E-state index is 0.275. The van der Waals surface area contributed by atoms with Crippen LogP contribution in [0.3, 0.4) is 0 Å². The summed E-state index contributed by atoms with van der Waals surface area (Å²) < 4.78 is 1.02. The van der Waals surface area contributed by atoms with Gasteiger partial charge in [0.05, 0.1) is 4.88 Å². The number of benzene rings is 1. The van der Waals surface area contributed by atoms with E-state index < -0.39 is 0 Å². The number of carbonyl (C=O) groups is 1. The maximum absolute atomic E-state index is 12.0. The predicted molar refractivity (Wildman–Crippen MR) is 84.3 cm³/mol. The first-order valence-corrected chi connectivity index (χ1v) is 8.15. The van der Waals surface area contributed by atoms with Crippen molar-refractivity contribution in [2.75, 3.05) is 0 Å². The largest absolute Gasteiger partial charge is 0.293 e. The molecule has 0 atom stereocenters. The summed E-state index contributed by atoms with van der Waals surface area (Å²) in [4.78, 5) is 14.0. The molecule has 4 heteroatoms. The molecule has 0 bridgehead atoms. The van der Waals surface area contributed by atoms with E-state index in [0.29, 0.717) is 5.78 Å². The third kappa shape index (κ3) is 2.64. The van der Waals surface area contributed by atoms with Gasteiger partial charge in [-0.05, 0) is 49.6 Å². The Kier molecular flexibility index (Phi) is 3.54. The molecular formula is C15H12BrClOS. The number of thiophene rings is 1. The molecule has 1 aromatic heterocycles. The van der Waals surface area contributed by atoms with E-state index in [-0.39, 0.29) is 5.92 Å². The molecule has 1 heterocycles. The van der Waals surface area contributed by atoms with Crippen LogP contribution in [0, 0.1) is 12.8 Å². The summed E-state index contributed by atoms with van der Waals surface area (Å²) in [6.07, 6.45) is 2.10. The van der Waals surface area contributed by atoms with E-state index in [1.54, 1.807) is 11.3 Å². The molecule has 1 aromatic carbocycles. The standard InChI is InChI=1S/C15H12BrClOS/c1-8-6-11(16)10(7-12(8)17)13-4-5-14(19-13)15(18)9-2-3-9/h4-7,9H,2-3H2,1H3. The molecule has 0 saturated heterocycles. The lowest BCUT2D eigenvalue weighted by atomic mass is 10.1. The van der Waals surface area contributed by atoms with Gasteiger partial charge in [0.15, 0.2) is 5.78 Å². The van der Waals surface area contributed by atoms with E-state index in [2.05, 4.69) is 15.9 Å². The number of Topliss-reactive ketones (excluding diaryl/α,β-unsaturated/α-hetero) is 1. The molecule has 0 unspecified atom stereocenters. The van der Waals surface area contributed by atoms with Crippen molar-refractivity contribution in [1.82, 2.24) is 0 Å². The second-order valence-corrected chi connectivity index (χ2v) is 7.23. The van der Waals surface area contributed by atoms with Crippen LogP contribution in [0.1, 0.15) is 28.1 Å². The van der Waals surface area contributed by atoms with Crippen molar-refractivity contribution in [3.8, 4) is 10.4 Å². The maximum atomic E-state index is 12.0.